The highest BCUT2D eigenvalue weighted by Gasteiger charge is 2.36. The number of likely N-dealkylation sites (N-methyl/N-ethyl adjacent to an activating group) is 3. The van der Waals surface area contributed by atoms with Gasteiger partial charge in [-0.05, 0) is 230 Å². The summed E-state index contributed by atoms with van der Waals surface area (Å²) >= 11 is 22.8. The van der Waals surface area contributed by atoms with Crippen LogP contribution >= 0.6 is 46.4 Å². The molecule has 0 spiro atoms. The van der Waals surface area contributed by atoms with Crippen LogP contribution in [0.25, 0.3) is 0 Å². The molecular weight excluding hydrogens is 1550 g/mol. The predicted molar refractivity (Wildman–Crippen MR) is 417 cm³/mol. The topological polar surface area (TPSA) is 205 Å². The number of hydrogen-bond acceptors (Lipinski definition) is 15. The highest BCUT2D eigenvalue weighted by atomic mass is 35.5. The van der Waals surface area contributed by atoms with Crippen LogP contribution in [0.15, 0.2) is 152 Å². The standard InChI is InChI=1S/C21H24ClF3N2O3.C21H24ClF3N2O2.C19H23ClN2O3.C18H18ClF3N2O3/c1-13(2)30-18-7-5-6-17(29-11-10-27(3)4)19(18)20(28)26-14-8-9-16(22)15(12-14)21(23,24)25;1-4-29-18-9-5-7-14(8-6-12-27(2)3)19(18)20(28)26-15-10-11-17(22)16(13-15)21(23,24)25;1-4-24-16-6-5-7-17(25-13-12-22(2)3)18(16)19(23)21-15-10-8-14(20)9-11-15;1-24(2)8-9-27-15-5-3-4-14(25)16(15)17(26)23-11-6-7-13(19)12(10-11)18(20,21)22/h5-9,12-13H,10-11H2,1-4H3,(H,26,28);5,7,9-11,13H,4,6,8,12H2,1-3H3,(H,26,28);5-11H,4,12-13H2,1-3H3,(H,21,23);3-7,10,25H,8-9H2,1-2H3,(H,23,26). The molecule has 8 aromatic carbocycles. The average Bonchev–Trinajstić information content (AvgIpc) is 0.846. The van der Waals surface area contributed by atoms with Crippen molar-refractivity contribution in [3.05, 3.63) is 216 Å². The van der Waals surface area contributed by atoms with Crippen LogP contribution in [0.4, 0.5) is 62.3 Å². The maximum atomic E-state index is 13.1. The lowest BCUT2D eigenvalue weighted by molar-refractivity contribution is -0.138. The van der Waals surface area contributed by atoms with Gasteiger partial charge in [0.2, 0.25) is 0 Å². The van der Waals surface area contributed by atoms with Crippen molar-refractivity contribution in [2.45, 2.75) is 65.2 Å². The number of aromatic hydroxyl groups is 1. The molecule has 0 fully saturated rings. The molecule has 0 aliphatic carbocycles. The lowest BCUT2D eigenvalue weighted by Gasteiger charge is -2.19. The fraction of sp³-hybridized carbons (Fsp3) is 0.342. The molecule has 0 saturated carbocycles. The maximum absolute atomic E-state index is 13.1. The fourth-order valence-electron chi connectivity index (χ4n) is 9.89. The second kappa shape index (κ2) is 44.0. The Labute approximate surface area is 659 Å². The number of amides is 4. The fourth-order valence-corrected chi connectivity index (χ4v) is 10.7. The Kier molecular flexibility index (Phi) is 36.6. The molecule has 111 heavy (non-hydrogen) atoms. The Morgan fingerprint density at radius 2 is 0.703 bits per heavy atom. The van der Waals surface area contributed by atoms with Crippen molar-refractivity contribution in [3.63, 3.8) is 0 Å². The number of anilines is 4. The van der Waals surface area contributed by atoms with Crippen LogP contribution in [-0.4, -0.2) is 170 Å². The predicted octanol–water partition coefficient (Wildman–Crippen LogP) is 19.0. The van der Waals surface area contributed by atoms with Gasteiger partial charge in [-0.15, -0.1) is 0 Å². The molecular formula is C79H89Cl4F9N8O11. The highest BCUT2D eigenvalue weighted by molar-refractivity contribution is 6.32. The SMILES string of the molecule is CC(C)Oc1cccc(OCCN(C)C)c1C(=O)Nc1ccc(Cl)c(C(F)(F)F)c1.CCOc1cccc(CCCN(C)C)c1C(=O)Nc1ccc(Cl)c(C(F)(F)F)c1.CCOc1cccc(OCCN(C)C)c1C(=O)Nc1ccc(Cl)cc1.CN(C)CCOc1cccc(O)c1C(=O)Nc1ccc(Cl)c(C(F)(F)F)c1. The van der Waals surface area contributed by atoms with Crippen molar-refractivity contribution in [1.29, 1.82) is 0 Å². The summed E-state index contributed by atoms with van der Waals surface area (Å²) < 4.78 is 152. The van der Waals surface area contributed by atoms with Gasteiger partial charge < -0.3 is 74.4 Å². The van der Waals surface area contributed by atoms with Gasteiger partial charge in [0, 0.05) is 47.4 Å². The van der Waals surface area contributed by atoms with Crippen molar-refractivity contribution in [2.24, 2.45) is 0 Å². The number of phenols is 1. The molecule has 0 heterocycles. The van der Waals surface area contributed by atoms with Crippen molar-refractivity contribution in [2.75, 3.05) is 137 Å². The Balaban J connectivity index is 0.000000265. The van der Waals surface area contributed by atoms with Gasteiger partial charge in [-0.2, -0.15) is 39.5 Å². The summed E-state index contributed by atoms with van der Waals surface area (Å²) in [6.45, 7) is 11.9. The van der Waals surface area contributed by atoms with E-state index in [0.717, 1.165) is 61.5 Å². The number of carbonyl (C=O) groups excluding carboxylic acids is 4. The summed E-state index contributed by atoms with van der Waals surface area (Å²) in [6, 6.07) is 36.3. The second-order valence-corrected chi connectivity index (χ2v) is 27.2. The molecule has 0 atom stereocenters. The van der Waals surface area contributed by atoms with Crippen LogP contribution in [0.3, 0.4) is 0 Å². The van der Waals surface area contributed by atoms with E-state index >= 15 is 0 Å². The number of benzene rings is 8. The lowest BCUT2D eigenvalue weighted by Crippen LogP contribution is -2.21. The molecule has 0 unspecified atom stereocenters. The zero-order chi connectivity index (χ0) is 82.5. The van der Waals surface area contributed by atoms with Gasteiger partial charge in [0.25, 0.3) is 23.6 Å². The molecule has 19 nitrogen and oxygen atoms in total. The second-order valence-electron chi connectivity index (χ2n) is 25.5. The van der Waals surface area contributed by atoms with Crippen LogP contribution in [0.1, 0.15) is 97.8 Å². The average molecular weight is 1640 g/mol. The quantitative estimate of drug-likeness (QED) is 0.0266. The van der Waals surface area contributed by atoms with Gasteiger partial charge >= 0.3 is 18.5 Å². The molecule has 5 N–H and O–H groups in total. The molecule has 32 heteroatoms. The van der Waals surface area contributed by atoms with E-state index in [0.29, 0.717) is 85.0 Å². The number of aryl methyl sites for hydroxylation is 1. The van der Waals surface area contributed by atoms with Crippen LogP contribution in [0.2, 0.25) is 20.1 Å². The molecule has 0 radical (unpaired) electrons. The van der Waals surface area contributed by atoms with Gasteiger partial charge in [-0.1, -0.05) is 76.7 Å². The Morgan fingerprint density at radius 1 is 0.396 bits per heavy atom. The Bertz CT molecular complexity index is 4360. The third-order valence-electron chi connectivity index (χ3n) is 15.1. The molecule has 0 aliphatic heterocycles. The van der Waals surface area contributed by atoms with Crippen LogP contribution in [-0.2, 0) is 24.9 Å². The summed E-state index contributed by atoms with van der Waals surface area (Å²) in [6.07, 6.45) is -12.7. The maximum Gasteiger partial charge on any atom is 0.417 e. The summed E-state index contributed by atoms with van der Waals surface area (Å²) in [5.74, 6) is -0.542. The zero-order valence-corrected chi connectivity index (χ0v) is 66.0. The van der Waals surface area contributed by atoms with E-state index in [9.17, 15) is 63.8 Å². The van der Waals surface area contributed by atoms with Gasteiger partial charge in [0.15, 0.2) is 0 Å². The van der Waals surface area contributed by atoms with Crippen LogP contribution < -0.4 is 49.7 Å². The molecule has 0 aliphatic rings. The van der Waals surface area contributed by atoms with E-state index in [1.54, 1.807) is 87.5 Å². The largest absolute Gasteiger partial charge is 0.507 e. The first-order valence-electron chi connectivity index (χ1n) is 34.4. The van der Waals surface area contributed by atoms with Crippen LogP contribution in [0.5, 0.6) is 40.2 Å². The monoisotopic (exact) mass is 1640 g/mol. The van der Waals surface area contributed by atoms with E-state index in [1.165, 1.54) is 36.4 Å². The minimum atomic E-state index is -4.66. The Morgan fingerprint density at radius 3 is 1.07 bits per heavy atom. The number of hydrogen-bond donors (Lipinski definition) is 5. The number of carbonyl (C=O) groups is 4. The van der Waals surface area contributed by atoms with Crippen molar-refractivity contribution in [1.82, 2.24) is 19.6 Å². The number of nitrogens with one attached hydrogen (secondary N) is 4. The molecule has 602 valence electrons. The van der Waals surface area contributed by atoms with Crippen molar-refractivity contribution in [3.8, 4) is 40.2 Å². The first-order valence-corrected chi connectivity index (χ1v) is 35.9. The summed E-state index contributed by atoms with van der Waals surface area (Å²) in [4.78, 5) is 59.1. The molecule has 8 rings (SSSR count). The first kappa shape index (κ1) is 92.2. The minimum Gasteiger partial charge on any atom is -0.507 e. The minimum absolute atomic E-state index is 0.0114. The van der Waals surface area contributed by atoms with Crippen LogP contribution in [0, 0.1) is 0 Å². The summed E-state index contributed by atoms with van der Waals surface area (Å²) in [7, 11) is 15.3. The van der Waals surface area contributed by atoms with E-state index in [2.05, 4.69) is 21.3 Å². The highest BCUT2D eigenvalue weighted by Crippen LogP contribution is 2.41. The first-order chi connectivity index (χ1) is 52.2. The third-order valence-corrected chi connectivity index (χ3v) is 16.3. The number of rotatable bonds is 30. The molecule has 8 aromatic rings. The van der Waals surface area contributed by atoms with E-state index < -0.39 is 68.0 Å². The summed E-state index contributed by atoms with van der Waals surface area (Å²) in [5.41, 5.74) is -1.16. The van der Waals surface area contributed by atoms with E-state index in [4.69, 9.17) is 74.8 Å². The Hall–Kier alpha value is -9.39. The third kappa shape index (κ3) is 30.3. The van der Waals surface area contributed by atoms with Crippen molar-refractivity contribution >= 4 is 92.8 Å². The number of alkyl halides is 9. The molecule has 0 bridgehead atoms. The smallest absolute Gasteiger partial charge is 0.417 e. The van der Waals surface area contributed by atoms with Gasteiger partial charge in [-0.3, -0.25) is 19.2 Å². The van der Waals surface area contributed by atoms with E-state index in [1.807, 2.05) is 95.0 Å². The molecule has 0 aromatic heterocycles. The van der Waals surface area contributed by atoms with Gasteiger partial charge in [0.1, 0.15) is 76.8 Å². The number of ether oxygens (including phenoxy) is 6. The zero-order valence-electron chi connectivity index (χ0n) is 63.0. The van der Waals surface area contributed by atoms with Gasteiger partial charge in [0.05, 0.1) is 56.6 Å². The number of phenolic OH excluding ortho intramolecular Hbond substituents is 1. The number of halogens is 13. The number of nitrogens with zero attached hydrogens (tertiary/aromatic N) is 4. The van der Waals surface area contributed by atoms with Crippen molar-refractivity contribution < 1.29 is 92.2 Å². The normalized spacial score (nSPS) is 11.4. The lowest BCUT2D eigenvalue weighted by atomic mass is 10.0. The van der Waals surface area contributed by atoms with Gasteiger partial charge in [-0.25, -0.2) is 0 Å². The molecule has 4 amide bonds. The molecule has 0 saturated heterocycles. The summed E-state index contributed by atoms with van der Waals surface area (Å²) in [5, 5.41) is 19.5. The van der Waals surface area contributed by atoms with E-state index in [-0.39, 0.29) is 69.8 Å².